The van der Waals surface area contributed by atoms with E-state index in [4.69, 9.17) is 5.11 Å². The van der Waals surface area contributed by atoms with E-state index < -0.39 is 53.4 Å². The molecule has 1 rings (SSSR count). The Morgan fingerprint density at radius 3 is 1.89 bits per heavy atom. The van der Waals surface area contributed by atoms with Crippen molar-refractivity contribution in [2.24, 2.45) is 0 Å². The average Bonchev–Trinajstić information content (AvgIpc) is 2.37. The van der Waals surface area contributed by atoms with E-state index in [2.05, 4.69) is 4.74 Å². The van der Waals surface area contributed by atoms with Crippen LogP contribution in [0.5, 0.6) is 0 Å². The summed E-state index contributed by atoms with van der Waals surface area (Å²) in [4.78, 5) is 10.7. The smallest absolute Gasteiger partial charge is 0.328 e. The van der Waals surface area contributed by atoms with E-state index in [0.29, 0.717) is 0 Å². The highest BCUT2D eigenvalue weighted by atomic mass is 19.2. The number of anilines is 1. The van der Waals surface area contributed by atoms with Crippen LogP contribution in [0.25, 0.3) is 0 Å². The Hall–Kier alpha value is -1.90. The minimum Gasteiger partial charge on any atom is -0.480 e. The van der Waals surface area contributed by atoms with Crippen LogP contribution in [0.15, 0.2) is 0 Å². The van der Waals surface area contributed by atoms with E-state index in [1.165, 1.54) is 0 Å². The number of hydrogen-bond donors (Lipinski definition) is 2. The van der Waals surface area contributed by atoms with Crippen molar-refractivity contribution < 1.29 is 36.6 Å². The quantitative estimate of drug-likeness (QED) is 0.493. The van der Waals surface area contributed by atoms with Gasteiger partial charge in [0, 0.05) is 7.11 Å². The van der Waals surface area contributed by atoms with E-state index in [1.807, 2.05) is 0 Å². The molecule has 0 aromatic heterocycles. The lowest BCUT2D eigenvalue weighted by atomic mass is 10.2. The van der Waals surface area contributed by atoms with Gasteiger partial charge in [0.1, 0.15) is 11.7 Å². The van der Waals surface area contributed by atoms with E-state index in [9.17, 15) is 26.7 Å². The first-order valence-corrected chi connectivity index (χ1v) is 4.81. The summed E-state index contributed by atoms with van der Waals surface area (Å²) in [5.74, 6) is -12.5. The maximum Gasteiger partial charge on any atom is 0.328 e. The Morgan fingerprint density at radius 1 is 1.11 bits per heavy atom. The third-order valence-electron chi connectivity index (χ3n) is 2.16. The molecule has 106 valence electrons. The van der Waals surface area contributed by atoms with Gasteiger partial charge in [-0.2, -0.15) is 0 Å². The summed E-state index contributed by atoms with van der Waals surface area (Å²) in [5.41, 5.74) is -1.42. The van der Waals surface area contributed by atoms with Crippen molar-refractivity contribution in [2.45, 2.75) is 6.04 Å². The summed E-state index contributed by atoms with van der Waals surface area (Å²) < 4.78 is 69.4. The standard InChI is InChI=1S/C10H8F5NO3/c1-19-2-3(10(17)18)16-9-7(14)5(12)4(11)6(13)8(9)15/h3,16H,2H2,1H3,(H,17,18). The van der Waals surface area contributed by atoms with E-state index in [1.54, 1.807) is 5.32 Å². The summed E-state index contributed by atoms with van der Waals surface area (Å²) in [7, 11) is 1.11. The van der Waals surface area contributed by atoms with Gasteiger partial charge in [-0.1, -0.05) is 0 Å². The van der Waals surface area contributed by atoms with Crippen LogP contribution < -0.4 is 5.32 Å². The molecule has 9 heteroatoms. The zero-order valence-electron chi connectivity index (χ0n) is 9.44. The maximum absolute atomic E-state index is 13.2. The van der Waals surface area contributed by atoms with Crippen LogP contribution in [-0.2, 0) is 9.53 Å². The zero-order valence-corrected chi connectivity index (χ0v) is 9.44. The number of rotatable bonds is 5. The lowest BCUT2D eigenvalue weighted by Gasteiger charge is -2.16. The first-order chi connectivity index (χ1) is 8.81. The highest BCUT2D eigenvalue weighted by Crippen LogP contribution is 2.27. The van der Waals surface area contributed by atoms with Crippen molar-refractivity contribution in [1.29, 1.82) is 0 Å². The Bertz CT molecular complexity index is 479. The summed E-state index contributed by atoms with van der Waals surface area (Å²) in [6.07, 6.45) is 0. The first-order valence-electron chi connectivity index (χ1n) is 4.81. The fourth-order valence-electron chi connectivity index (χ4n) is 1.25. The van der Waals surface area contributed by atoms with E-state index in [-0.39, 0.29) is 0 Å². The van der Waals surface area contributed by atoms with Gasteiger partial charge >= 0.3 is 5.97 Å². The third-order valence-corrected chi connectivity index (χ3v) is 2.16. The van der Waals surface area contributed by atoms with Crippen molar-refractivity contribution in [3.8, 4) is 0 Å². The number of benzene rings is 1. The van der Waals surface area contributed by atoms with Gasteiger partial charge in [-0.15, -0.1) is 0 Å². The van der Waals surface area contributed by atoms with Gasteiger partial charge in [-0.05, 0) is 0 Å². The van der Waals surface area contributed by atoms with Crippen LogP contribution in [0.3, 0.4) is 0 Å². The number of carboxylic acids is 1. The number of methoxy groups -OCH3 is 1. The Kier molecular flexibility index (Phi) is 4.65. The van der Waals surface area contributed by atoms with Crippen molar-refractivity contribution in [2.75, 3.05) is 19.0 Å². The summed E-state index contributed by atoms with van der Waals surface area (Å²) >= 11 is 0. The van der Waals surface area contributed by atoms with Gasteiger partial charge in [0.05, 0.1) is 6.61 Å². The second-order valence-electron chi connectivity index (χ2n) is 3.44. The van der Waals surface area contributed by atoms with Gasteiger partial charge in [-0.25, -0.2) is 26.7 Å². The highest BCUT2D eigenvalue weighted by Gasteiger charge is 2.28. The molecule has 1 aromatic carbocycles. The van der Waals surface area contributed by atoms with Crippen LogP contribution in [0.1, 0.15) is 0 Å². The monoisotopic (exact) mass is 285 g/mol. The van der Waals surface area contributed by atoms with Crippen LogP contribution in [-0.4, -0.2) is 30.8 Å². The number of halogens is 5. The van der Waals surface area contributed by atoms with Gasteiger partial charge in [0.25, 0.3) is 0 Å². The van der Waals surface area contributed by atoms with Crippen molar-refractivity contribution in [1.82, 2.24) is 0 Å². The molecular formula is C10H8F5NO3. The minimum atomic E-state index is -2.32. The molecule has 0 radical (unpaired) electrons. The van der Waals surface area contributed by atoms with Crippen LogP contribution in [0, 0.1) is 29.1 Å². The largest absolute Gasteiger partial charge is 0.480 e. The van der Waals surface area contributed by atoms with Crippen LogP contribution >= 0.6 is 0 Å². The molecule has 0 saturated carbocycles. The molecule has 0 saturated heterocycles. The maximum atomic E-state index is 13.2. The van der Waals surface area contributed by atoms with Gasteiger partial charge in [0.2, 0.25) is 5.82 Å². The van der Waals surface area contributed by atoms with Gasteiger partial charge in [-0.3, -0.25) is 0 Å². The molecule has 0 aliphatic rings. The molecule has 0 amide bonds. The second-order valence-corrected chi connectivity index (χ2v) is 3.44. The topological polar surface area (TPSA) is 58.6 Å². The number of aliphatic carboxylic acids is 1. The number of nitrogens with one attached hydrogen (secondary N) is 1. The molecular weight excluding hydrogens is 277 g/mol. The lowest BCUT2D eigenvalue weighted by Crippen LogP contribution is -2.34. The highest BCUT2D eigenvalue weighted by molar-refractivity contribution is 5.77. The molecule has 4 nitrogen and oxygen atoms in total. The van der Waals surface area contributed by atoms with Crippen LogP contribution in [0.2, 0.25) is 0 Å². The predicted octanol–water partition coefficient (Wildman–Crippen LogP) is 1.89. The Morgan fingerprint density at radius 2 is 1.53 bits per heavy atom. The number of carboxylic acid groups (broad SMARTS) is 1. The summed E-state index contributed by atoms with van der Waals surface area (Å²) in [6.45, 7) is -0.533. The summed E-state index contributed by atoms with van der Waals surface area (Å²) in [6, 6.07) is -1.67. The normalized spacial score (nSPS) is 12.3. The molecule has 0 bridgehead atoms. The fraction of sp³-hybridized carbons (Fsp3) is 0.300. The first kappa shape index (κ1) is 15.2. The molecule has 1 aromatic rings. The molecule has 2 N–H and O–H groups in total. The predicted molar refractivity (Wildman–Crippen MR) is 53.2 cm³/mol. The SMILES string of the molecule is COCC(Nc1c(F)c(F)c(F)c(F)c1F)C(=O)O. The second kappa shape index (κ2) is 5.83. The van der Waals surface area contributed by atoms with E-state index >= 15 is 0 Å². The molecule has 19 heavy (non-hydrogen) atoms. The van der Waals surface area contributed by atoms with Crippen LogP contribution in [0.4, 0.5) is 27.6 Å². The van der Waals surface area contributed by atoms with Crippen molar-refractivity contribution in [3.63, 3.8) is 0 Å². The molecule has 1 atom stereocenters. The molecule has 0 fully saturated rings. The van der Waals surface area contributed by atoms with Gasteiger partial charge in [0.15, 0.2) is 23.3 Å². The fourth-order valence-corrected chi connectivity index (χ4v) is 1.25. The number of carbonyl (C=O) groups is 1. The third kappa shape index (κ3) is 2.92. The van der Waals surface area contributed by atoms with Crippen molar-refractivity contribution >= 4 is 11.7 Å². The molecule has 0 heterocycles. The summed E-state index contributed by atoms with van der Waals surface area (Å²) in [5, 5.41) is 10.4. The average molecular weight is 285 g/mol. The molecule has 0 aliphatic heterocycles. The lowest BCUT2D eigenvalue weighted by molar-refractivity contribution is -0.139. The number of hydrogen-bond acceptors (Lipinski definition) is 3. The molecule has 1 unspecified atom stereocenters. The zero-order chi connectivity index (χ0) is 14.7. The minimum absolute atomic E-state index is 0.533. The van der Waals surface area contributed by atoms with E-state index in [0.717, 1.165) is 7.11 Å². The number of ether oxygens (including phenoxy) is 1. The Labute approximate surface area is 103 Å². The van der Waals surface area contributed by atoms with Crippen molar-refractivity contribution in [3.05, 3.63) is 29.1 Å². The van der Waals surface area contributed by atoms with Gasteiger partial charge < -0.3 is 15.2 Å². The Balaban J connectivity index is 3.24. The molecule has 0 aliphatic carbocycles. The molecule has 0 spiro atoms.